The van der Waals surface area contributed by atoms with E-state index in [-0.39, 0.29) is 35.9 Å². The summed E-state index contributed by atoms with van der Waals surface area (Å²) >= 11 is 0. The van der Waals surface area contributed by atoms with Crippen LogP contribution in [-0.2, 0) is 12.8 Å². The molecule has 8 heteroatoms. The maximum Gasteiger partial charge on any atom is 0.226 e. The molecule has 0 saturated carbocycles. The summed E-state index contributed by atoms with van der Waals surface area (Å²) in [5.74, 6) is 1.92. The number of aliphatic imine (C=N–C) groups is 1. The second-order valence-corrected chi connectivity index (χ2v) is 7.10. The van der Waals surface area contributed by atoms with Gasteiger partial charge in [-0.1, -0.05) is 18.2 Å². The Balaban J connectivity index is 0.00000272. The maximum atomic E-state index is 13.1. The van der Waals surface area contributed by atoms with Gasteiger partial charge in [-0.3, -0.25) is 0 Å². The van der Waals surface area contributed by atoms with E-state index in [0.717, 1.165) is 35.9 Å². The van der Waals surface area contributed by atoms with E-state index in [0.29, 0.717) is 25.4 Å². The van der Waals surface area contributed by atoms with Gasteiger partial charge in [-0.25, -0.2) is 14.4 Å². The Morgan fingerprint density at radius 2 is 1.97 bits per heavy atom. The number of halogens is 2. The van der Waals surface area contributed by atoms with Crippen LogP contribution >= 0.6 is 24.0 Å². The Bertz CT molecular complexity index is 982. The number of guanidine groups is 1. The second-order valence-electron chi connectivity index (χ2n) is 7.10. The van der Waals surface area contributed by atoms with Gasteiger partial charge in [0.25, 0.3) is 0 Å². The molecule has 1 unspecified atom stereocenters. The quantitative estimate of drug-likeness (QED) is 0.269. The number of hydrogen-bond acceptors (Lipinski definition) is 4. The molecule has 1 atom stereocenters. The highest BCUT2D eigenvalue weighted by Crippen LogP contribution is 2.28. The van der Waals surface area contributed by atoms with Gasteiger partial charge in [0.15, 0.2) is 5.96 Å². The van der Waals surface area contributed by atoms with Gasteiger partial charge in [-0.2, -0.15) is 0 Å². The largest absolute Gasteiger partial charge is 0.488 e. The summed E-state index contributed by atoms with van der Waals surface area (Å²) in [6, 6.07) is 14.2. The number of fused-ring (bicyclic) bond motifs is 1. The highest BCUT2D eigenvalue weighted by atomic mass is 127. The highest BCUT2D eigenvalue weighted by Gasteiger charge is 2.21. The van der Waals surface area contributed by atoms with E-state index in [2.05, 4.69) is 26.7 Å². The van der Waals surface area contributed by atoms with Gasteiger partial charge in [0.05, 0.1) is 12.2 Å². The molecule has 2 heterocycles. The van der Waals surface area contributed by atoms with Crippen LogP contribution in [0.4, 0.5) is 4.39 Å². The average molecular weight is 536 g/mol. The number of nitrogens with zero attached hydrogens (tertiary/aromatic N) is 2. The lowest BCUT2D eigenvalue weighted by molar-refractivity contribution is 0.241. The van der Waals surface area contributed by atoms with Gasteiger partial charge < -0.3 is 19.8 Å². The summed E-state index contributed by atoms with van der Waals surface area (Å²) in [4.78, 5) is 9.14. The maximum absolute atomic E-state index is 13.1. The van der Waals surface area contributed by atoms with Crippen LogP contribution in [0.1, 0.15) is 18.2 Å². The number of nitrogens with one attached hydrogen (secondary N) is 2. The van der Waals surface area contributed by atoms with Gasteiger partial charge in [0.1, 0.15) is 23.9 Å². The van der Waals surface area contributed by atoms with Crippen molar-refractivity contribution in [1.29, 1.82) is 0 Å². The molecule has 0 spiro atoms. The predicted octanol–water partition coefficient (Wildman–Crippen LogP) is 4.20. The summed E-state index contributed by atoms with van der Waals surface area (Å²) in [6.07, 6.45) is 3.25. The van der Waals surface area contributed by atoms with Crippen molar-refractivity contribution in [3.8, 4) is 17.2 Å². The molecule has 31 heavy (non-hydrogen) atoms. The number of aromatic nitrogens is 1. The van der Waals surface area contributed by atoms with Gasteiger partial charge in [0, 0.05) is 31.5 Å². The van der Waals surface area contributed by atoms with Crippen LogP contribution in [0, 0.1) is 5.82 Å². The van der Waals surface area contributed by atoms with Crippen molar-refractivity contribution in [2.24, 2.45) is 4.99 Å². The van der Waals surface area contributed by atoms with Crippen LogP contribution in [-0.4, -0.2) is 36.7 Å². The Kier molecular flexibility index (Phi) is 8.27. The third kappa shape index (κ3) is 6.19. The monoisotopic (exact) mass is 536 g/mol. The van der Waals surface area contributed by atoms with Gasteiger partial charge in [-0.15, -0.1) is 24.0 Å². The molecule has 1 aromatic heterocycles. The molecule has 0 fully saturated rings. The van der Waals surface area contributed by atoms with E-state index in [1.165, 1.54) is 17.7 Å². The number of ether oxygens (including phenoxy) is 1. The van der Waals surface area contributed by atoms with Crippen LogP contribution in [0.2, 0.25) is 0 Å². The minimum absolute atomic E-state index is 0. The molecule has 2 aromatic carbocycles. The van der Waals surface area contributed by atoms with E-state index >= 15 is 0 Å². The SMILES string of the molecule is CCNC(=NCC1Cc2ccccc2O1)NCCc1coc(-c2ccc(F)cc2)n1.I. The number of para-hydroxylation sites is 1. The number of oxazole rings is 1. The Labute approximate surface area is 198 Å². The van der Waals surface area contributed by atoms with Gasteiger partial charge in [0.2, 0.25) is 5.89 Å². The minimum Gasteiger partial charge on any atom is -0.488 e. The van der Waals surface area contributed by atoms with Crippen LogP contribution in [0.5, 0.6) is 5.75 Å². The second kappa shape index (κ2) is 11.1. The van der Waals surface area contributed by atoms with Crippen molar-refractivity contribution < 1.29 is 13.5 Å². The minimum atomic E-state index is -0.281. The summed E-state index contributed by atoms with van der Waals surface area (Å²) in [6.45, 7) is 4.05. The lowest BCUT2D eigenvalue weighted by Gasteiger charge is -2.12. The summed E-state index contributed by atoms with van der Waals surface area (Å²) in [7, 11) is 0. The standard InChI is InChI=1S/C23H25FN4O2.HI/c1-2-25-23(27-14-20-13-17-5-3-4-6-21(17)30-20)26-12-11-19-15-29-22(28-19)16-7-9-18(24)10-8-16;/h3-10,15,20H,2,11-14H2,1H3,(H2,25,26,27);1H. The molecular formula is C23H26FIN4O2. The average Bonchev–Trinajstić information content (AvgIpc) is 3.39. The van der Waals surface area contributed by atoms with Crippen LogP contribution in [0.3, 0.4) is 0 Å². The Morgan fingerprint density at radius 1 is 1.16 bits per heavy atom. The van der Waals surface area contributed by atoms with Gasteiger partial charge in [-0.05, 0) is 42.8 Å². The summed E-state index contributed by atoms with van der Waals surface area (Å²) < 4.78 is 24.5. The zero-order chi connectivity index (χ0) is 20.8. The van der Waals surface area contributed by atoms with Crippen molar-refractivity contribution in [3.05, 3.63) is 71.9 Å². The molecule has 6 nitrogen and oxygen atoms in total. The third-order valence-corrected chi connectivity index (χ3v) is 4.83. The Morgan fingerprint density at radius 3 is 2.74 bits per heavy atom. The first-order valence-corrected chi connectivity index (χ1v) is 10.2. The zero-order valence-corrected chi connectivity index (χ0v) is 19.6. The predicted molar refractivity (Wildman–Crippen MR) is 130 cm³/mol. The van der Waals surface area contributed by atoms with E-state index in [1.807, 2.05) is 25.1 Å². The topological polar surface area (TPSA) is 71.7 Å². The molecule has 164 valence electrons. The first-order valence-electron chi connectivity index (χ1n) is 10.2. The van der Waals surface area contributed by atoms with Crippen molar-refractivity contribution >= 4 is 29.9 Å². The van der Waals surface area contributed by atoms with Crippen molar-refractivity contribution in [2.45, 2.75) is 25.9 Å². The molecule has 0 radical (unpaired) electrons. The molecule has 4 rings (SSSR count). The first-order chi connectivity index (χ1) is 14.7. The summed E-state index contributed by atoms with van der Waals surface area (Å²) in [5.41, 5.74) is 2.81. The lowest BCUT2D eigenvalue weighted by Crippen LogP contribution is -2.39. The molecule has 0 bridgehead atoms. The van der Waals surface area contributed by atoms with Crippen LogP contribution in [0.15, 0.2) is 64.2 Å². The highest BCUT2D eigenvalue weighted by molar-refractivity contribution is 14.0. The zero-order valence-electron chi connectivity index (χ0n) is 17.3. The van der Waals surface area contributed by atoms with Gasteiger partial charge >= 0.3 is 0 Å². The van der Waals surface area contributed by atoms with Crippen molar-refractivity contribution in [1.82, 2.24) is 15.6 Å². The molecule has 3 aromatic rings. The molecule has 2 N–H and O–H groups in total. The first kappa shape index (κ1) is 23.1. The lowest BCUT2D eigenvalue weighted by atomic mass is 10.1. The summed E-state index contributed by atoms with van der Waals surface area (Å²) in [5, 5.41) is 6.58. The van der Waals surface area contributed by atoms with E-state index in [1.54, 1.807) is 18.4 Å². The van der Waals surface area contributed by atoms with Crippen LogP contribution in [0.25, 0.3) is 11.5 Å². The van der Waals surface area contributed by atoms with Crippen molar-refractivity contribution in [3.63, 3.8) is 0 Å². The molecule has 0 saturated heterocycles. The van der Waals surface area contributed by atoms with E-state index < -0.39 is 0 Å². The molecule has 0 amide bonds. The number of benzene rings is 2. The smallest absolute Gasteiger partial charge is 0.226 e. The fourth-order valence-electron chi connectivity index (χ4n) is 3.35. The Hall–Kier alpha value is -2.62. The van der Waals surface area contributed by atoms with Crippen molar-refractivity contribution in [2.75, 3.05) is 19.6 Å². The molecule has 1 aliphatic heterocycles. The van der Waals surface area contributed by atoms with Crippen LogP contribution < -0.4 is 15.4 Å². The fourth-order valence-corrected chi connectivity index (χ4v) is 3.35. The number of rotatable bonds is 7. The number of hydrogen-bond donors (Lipinski definition) is 2. The van der Waals surface area contributed by atoms with E-state index in [4.69, 9.17) is 9.15 Å². The molecular weight excluding hydrogens is 510 g/mol. The fraction of sp³-hybridized carbons (Fsp3) is 0.304. The normalized spacial score (nSPS) is 15.0. The molecule has 1 aliphatic rings. The van der Waals surface area contributed by atoms with E-state index in [9.17, 15) is 4.39 Å². The molecule has 0 aliphatic carbocycles. The third-order valence-electron chi connectivity index (χ3n) is 4.83.